The molecule has 37 heavy (non-hydrogen) atoms. The van der Waals surface area contributed by atoms with Gasteiger partial charge in [0.1, 0.15) is 11.4 Å². The first-order valence-electron chi connectivity index (χ1n) is 12.3. The molecule has 0 spiro atoms. The molecular weight excluding hydrogens is 460 g/mol. The molecule has 0 unspecified atom stereocenters. The number of amides is 1. The van der Waals surface area contributed by atoms with Gasteiger partial charge in [-0.1, -0.05) is 93.6 Å². The first kappa shape index (κ1) is 25.9. The molecule has 3 aromatic carbocycles. The van der Waals surface area contributed by atoms with Crippen LogP contribution in [0.4, 0.5) is 5.69 Å². The fraction of sp³-hybridized carbons (Fsp3) is 0.188. The fourth-order valence-electron chi connectivity index (χ4n) is 3.78. The molecule has 5 heteroatoms. The lowest BCUT2D eigenvalue weighted by Crippen LogP contribution is -2.13. The van der Waals surface area contributed by atoms with E-state index >= 15 is 0 Å². The quantitative estimate of drug-likeness (QED) is 0.245. The van der Waals surface area contributed by atoms with Gasteiger partial charge in [-0.05, 0) is 46.4 Å². The summed E-state index contributed by atoms with van der Waals surface area (Å²) in [6.07, 6.45) is 4.92. The van der Waals surface area contributed by atoms with Crippen LogP contribution in [0, 0.1) is 0 Å². The zero-order valence-corrected chi connectivity index (χ0v) is 21.5. The van der Waals surface area contributed by atoms with Gasteiger partial charge in [0.25, 0.3) is 0 Å². The number of ether oxygens (including phenoxy) is 2. The highest BCUT2D eigenvalue weighted by atomic mass is 16.5. The summed E-state index contributed by atoms with van der Waals surface area (Å²) >= 11 is 0. The van der Waals surface area contributed by atoms with Crippen LogP contribution in [0.25, 0.3) is 6.08 Å². The van der Waals surface area contributed by atoms with Crippen LogP contribution >= 0.6 is 0 Å². The summed E-state index contributed by atoms with van der Waals surface area (Å²) in [5.74, 6) is 0.797. The number of aromatic nitrogens is 1. The second-order valence-electron chi connectivity index (χ2n) is 9.75. The highest BCUT2D eigenvalue weighted by Crippen LogP contribution is 2.35. The molecule has 5 nitrogen and oxygen atoms in total. The smallest absolute Gasteiger partial charge is 0.248 e. The maximum Gasteiger partial charge on any atom is 0.248 e. The van der Waals surface area contributed by atoms with Crippen LogP contribution in [-0.2, 0) is 28.2 Å². The van der Waals surface area contributed by atoms with Crippen molar-refractivity contribution in [1.29, 1.82) is 0 Å². The third-order valence-electron chi connectivity index (χ3n) is 5.72. The molecule has 1 aromatic heterocycles. The highest BCUT2D eigenvalue weighted by Gasteiger charge is 2.20. The Labute approximate surface area is 218 Å². The largest absolute Gasteiger partial charge is 0.437 e. The number of carbonyl (C=O) groups excluding carboxylic acids is 1. The maximum absolute atomic E-state index is 12.7. The number of benzene rings is 3. The van der Waals surface area contributed by atoms with Crippen LogP contribution in [0.5, 0.6) is 11.6 Å². The van der Waals surface area contributed by atoms with Gasteiger partial charge in [-0.25, -0.2) is 4.98 Å². The minimum atomic E-state index is -0.266. The van der Waals surface area contributed by atoms with E-state index in [9.17, 15) is 4.79 Å². The van der Waals surface area contributed by atoms with Crippen molar-refractivity contribution < 1.29 is 14.3 Å². The van der Waals surface area contributed by atoms with E-state index in [-0.39, 0.29) is 11.3 Å². The molecule has 0 aliphatic carbocycles. The van der Waals surface area contributed by atoms with Crippen molar-refractivity contribution in [3.63, 3.8) is 0 Å². The number of nitrogens with one attached hydrogen (secondary N) is 1. The summed E-state index contributed by atoms with van der Waals surface area (Å²) < 4.78 is 11.9. The number of pyridine rings is 1. The molecule has 1 amide bonds. The van der Waals surface area contributed by atoms with E-state index < -0.39 is 0 Å². The Morgan fingerprint density at radius 2 is 1.51 bits per heavy atom. The molecular formula is C32H32N2O3. The number of rotatable bonds is 9. The topological polar surface area (TPSA) is 60.5 Å². The summed E-state index contributed by atoms with van der Waals surface area (Å²) in [4.78, 5) is 17.0. The van der Waals surface area contributed by atoms with E-state index in [0.717, 1.165) is 22.3 Å². The SMILES string of the molecule is CC(C)(C)c1ccccc1Oc1ncccc1NC(=O)C=Cc1ccc(COCc2ccccc2)cc1. The first-order chi connectivity index (χ1) is 17.9. The average molecular weight is 493 g/mol. The molecule has 0 aliphatic rings. The monoisotopic (exact) mass is 492 g/mol. The van der Waals surface area contributed by atoms with Crippen LogP contribution in [0.3, 0.4) is 0 Å². The maximum atomic E-state index is 12.7. The predicted molar refractivity (Wildman–Crippen MR) is 148 cm³/mol. The van der Waals surface area contributed by atoms with Crippen molar-refractivity contribution in [2.45, 2.75) is 39.4 Å². The zero-order valence-electron chi connectivity index (χ0n) is 21.5. The summed E-state index contributed by atoms with van der Waals surface area (Å²) in [6, 6.07) is 29.4. The Kier molecular flexibility index (Phi) is 8.49. The Morgan fingerprint density at radius 1 is 0.838 bits per heavy atom. The van der Waals surface area contributed by atoms with Gasteiger partial charge in [0.2, 0.25) is 11.8 Å². The Hall–Kier alpha value is -4.22. The van der Waals surface area contributed by atoms with Crippen LogP contribution in [0.1, 0.15) is 43.0 Å². The number of hydrogen-bond donors (Lipinski definition) is 1. The van der Waals surface area contributed by atoms with Crippen molar-refractivity contribution in [2.75, 3.05) is 5.32 Å². The zero-order chi connectivity index (χ0) is 26.1. The molecule has 1 heterocycles. The van der Waals surface area contributed by atoms with E-state index in [4.69, 9.17) is 9.47 Å². The second kappa shape index (κ2) is 12.2. The molecule has 1 N–H and O–H groups in total. The normalized spacial score (nSPS) is 11.4. The molecule has 188 valence electrons. The molecule has 0 saturated carbocycles. The Bertz CT molecular complexity index is 1340. The van der Waals surface area contributed by atoms with Crippen LogP contribution in [0.2, 0.25) is 0 Å². The van der Waals surface area contributed by atoms with Crippen LogP contribution in [-0.4, -0.2) is 10.9 Å². The molecule has 0 radical (unpaired) electrons. The standard InChI is InChI=1S/C32H32N2O3/c1-32(2,3)27-12-7-8-14-29(27)37-31-28(13-9-21-33-31)34-30(35)20-19-24-15-17-26(18-16-24)23-36-22-25-10-5-4-6-11-25/h4-21H,22-23H2,1-3H3,(H,34,35). The number of hydrogen-bond acceptors (Lipinski definition) is 4. The third kappa shape index (κ3) is 7.63. The summed E-state index contributed by atoms with van der Waals surface area (Å²) in [5, 5.41) is 2.88. The Morgan fingerprint density at radius 3 is 2.24 bits per heavy atom. The van der Waals surface area contributed by atoms with Gasteiger partial charge in [0, 0.05) is 17.8 Å². The molecule has 0 fully saturated rings. The van der Waals surface area contributed by atoms with Crippen LogP contribution < -0.4 is 10.1 Å². The highest BCUT2D eigenvalue weighted by molar-refractivity contribution is 6.02. The minimum Gasteiger partial charge on any atom is -0.437 e. The molecule has 4 aromatic rings. The van der Waals surface area contributed by atoms with Crippen molar-refractivity contribution in [3.8, 4) is 11.6 Å². The van der Waals surface area contributed by atoms with E-state index in [2.05, 4.69) is 31.1 Å². The van der Waals surface area contributed by atoms with Gasteiger partial charge in [-0.15, -0.1) is 0 Å². The minimum absolute atomic E-state index is 0.0961. The molecule has 0 aliphatic heterocycles. The van der Waals surface area contributed by atoms with Crippen molar-refractivity contribution >= 4 is 17.7 Å². The van der Waals surface area contributed by atoms with Gasteiger partial charge in [-0.3, -0.25) is 4.79 Å². The lowest BCUT2D eigenvalue weighted by Gasteiger charge is -2.22. The average Bonchev–Trinajstić information content (AvgIpc) is 2.90. The van der Waals surface area contributed by atoms with E-state index in [1.54, 1.807) is 24.4 Å². The predicted octanol–water partition coefficient (Wildman–Crippen LogP) is 7.54. The summed E-state index contributed by atoms with van der Waals surface area (Å²) in [5.41, 5.74) is 4.61. The van der Waals surface area contributed by atoms with Gasteiger partial charge < -0.3 is 14.8 Å². The van der Waals surface area contributed by atoms with E-state index in [1.165, 1.54) is 6.08 Å². The molecule has 4 rings (SSSR count). The first-order valence-corrected chi connectivity index (χ1v) is 12.3. The van der Waals surface area contributed by atoms with Gasteiger partial charge in [-0.2, -0.15) is 0 Å². The van der Waals surface area contributed by atoms with Crippen molar-refractivity contribution in [1.82, 2.24) is 4.98 Å². The van der Waals surface area contributed by atoms with Crippen LogP contribution in [0.15, 0.2) is 103 Å². The van der Waals surface area contributed by atoms with E-state index in [1.807, 2.05) is 78.9 Å². The van der Waals surface area contributed by atoms with Gasteiger partial charge in [0.05, 0.1) is 13.2 Å². The van der Waals surface area contributed by atoms with E-state index in [0.29, 0.717) is 30.5 Å². The third-order valence-corrected chi connectivity index (χ3v) is 5.72. The second-order valence-corrected chi connectivity index (χ2v) is 9.75. The van der Waals surface area contributed by atoms with Crippen molar-refractivity contribution in [3.05, 3.63) is 126 Å². The van der Waals surface area contributed by atoms with Gasteiger partial charge >= 0.3 is 0 Å². The number of carbonyl (C=O) groups is 1. The molecule has 0 bridgehead atoms. The van der Waals surface area contributed by atoms with Gasteiger partial charge in [0.15, 0.2) is 0 Å². The number of para-hydroxylation sites is 1. The summed E-state index contributed by atoms with van der Waals surface area (Å²) in [6.45, 7) is 7.49. The van der Waals surface area contributed by atoms with Crippen molar-refractivity contribution in [2.24, 2.45) is 0 Å². The molecule has 0 saturated heterocycles. The number of anilines is 1. The number of nitrogens with zero attached hydrogens (tertiary/aromatic N) is 1. The lowest BCUT2D eigenvalue weighted by atomic mass is 9.86. The summed E-state index contributed by atoms with van der Waals surface area (Å²) in [7, 11) is 0. The Balaban J connectivity index is 1.35. The molecule has 0 atom stereocenters. The lowest BCUT2D eigenvalue weighted by molar-refractivity contribution is -0.111. The fourth-order valence-corrected chi connectivity index (χ4v) is 3.78.